The van der Waals surface area contributed by atoms with E-state index < -0.39 is 24.1 Å². The Balaban J connectivity index is 1.40. The summed E-state index contributed by atoms with van der Waals surface area (Å²) >= 11 is 0. The van der Waals surface area contributed by atoms with Crippen molar-refractivity contribution in [2.45, 2.75) is 38.5 Å². The highest BCUT2D eigenvalue weighted by Gasteiger charge is 2.43. The summed E-state index contributed by atoms with van der Waals surface area (Å²) in [7, 11) is 1.42. The van der Waals surface area contributed by atoms with Crippen molar-refractivity contribution in [3.05, 3.63) is 59.7 Å². The molecule has 0 heterocycles. The largest absolute Gasteiger partial charge is 0.479 e. The van der Waals surface area contributed by atoms with Gasteiger partial charge in [-0.3, -0.25) is 9.63 Å². The standard InChI is InChI=1S/C27H32N2O6/c1-18-11-13-27(14-12-18,25(32)29(2)35-16-24(30)31)17-28-26(33)34-15-23-21-9-5-3-7-19(21)20-8-4-6-10-22(20)23/h3-10,18,23H,11-17H2,1-2H3,(H,28,33)(H,30,31). The molecule has 0 atom stereocenters. The van der Waals surface area contributed by atoms with E-state index in [9.17, 15) is 14.4 Å². The number of carbonyl (C=O) groups is 3. The normalized spacial score (nSPS) is 21.0. The summed E-state index contributed by atoms with van der Waals surface area (Å²) in [6.45, 7) is 1.84. The lowest BCUT2D eigenvalue weighted by Gasteiger charge is -2.39. The Morgan fingerprint density at radius 1 is 1.03 bits per heavy atom. The van der Waals surface area contributed by atoms with Crippen LogP contribution in [-0.2, 0) is 19.2 Å². The van der Waals surface area contributed by atoms with E-state index in [0.717, 1.165) is 40.2 Å². The fraction of sp³-hybridized carbons (Fsp3) is 0.444. The van der Waals surface area contributed by atoms with Crippen molar-refractivity contribution < 1.29 is 29.1 Å². The first-order chi connectivity index (χ1) is 16.8. The third-order valence-corrected chi connectivity index (χ3v) is 7.27. The molecule has 4 rings (SSSR count). The Bertz CT molecular complexity index is 1050. The molecule has 0 unspecified atom stereocenters. The number of alkyl carbamates (subject to hydrolysis) is 1. The van der Waals surface area contributed by atoms with Crippen molar-refractivity contribution in [1.29, 1.82) is 0 Å². The molecule has 0 aliphatic heterocycles. The van der Waals surface area contributed by atoms with E-state index in [1.54, 1.807) is 0 Å². The number of benzene rings is 2. The lowest BCUT2D eigenvalue weighted by molar-refractivity contribution is -0.196. The SMILES string of the molecule is CC1CCC(CNC(=O)OCC2c3ccccc3-c3ccccc32)(C(=O)N(C)OCC(=O)O)CC1. The van der Waals surface area contributed by atoms with Gasteiger partial charge in [0.25, 0.3) is 5.91 Å². The second-order valence-corrected chi connectivity index (χ2v) is 9.61. The van der Waals surface area contributed by atoms with Crippen molar-refractivity contribution in [1.82, 2.24) is 10.4 Å². The van der Waals surface area contributed by atoms with Crippen LogP contribution < -0.4 is 5.32 Å². The molecule has 2 aliphatic rings. The monoisotopic (exact) mass is 480 g/mol. The van der Waals surface area contributed by atoms with Gasteiger partial charge in [-0.2, -0.15) is 0 Å². The first kappa shape index (κ1) is 24.7. The number of nitrogens with one attached hydrogen (secondary N) is 1. The topological polar surface area (TPSA) is 105 Å². The van der Waals surface area contributed by atoms with Crippen LogP contribution in [0.3, 0.4) is 0 Å². The molecule has 1 fully saturated rings. The van der Waals surface area contributed by atoms with Crippen LogP contribution in [0.15, 0.2) is 48.5 Å². The molecule has 1 saturated carbocycles. The Morgan fingerprint density at radius 2 is 1.60 bits per heavy atom. The molecular formula is C27H32N2O6. The smallest absolute Gasteiger partial charge is 0.407 e. The van der Waals surface area contributed by atoms with E-state index in [-0.39, 0.29) is 25.0 Å². The van der Waals surface area contributed by atoms with Crippen LogP contribution >= 0.6 is 0 Å². The summed E-state index contributed by atoms with van der Waals surface area (Å²) in [5, 5.41) is 12.7. The first-order valence-corrected chi connectivity index (χ1v) is 12.0. The van der Waals surface area contributed by atoms with Crippen LogP contribution in [0.4, 0.5) is 4.79 Å². The van der Waals surface area contributed by atoms with E-state index in [2.05, 4.69) is 36.5 Å². The quantitative estimate of drug-likeness (QED) is 0.549. The second-order valence-electron chi connectivity index (χ2n) is 9.61. The highest BCUT2D eigenvalue weighted by atomic mass is 16.7. The van der Waals surface area contributed by atoms with Gasteiger partial charge in [-0.1, -0.05) is 55.5 Å². The van der Waals surface area contributed by atoms with Gasteiger partial charge in [0, 0.05) is 19.5 Å². The summed E-state index contributed by atoms with van der Waals surface area (Å²) in [6, 6.07) is 16.3. The molecule has 2 amide bonds. The number of carbonyl (C=O) groups excluding carboxylic acids is 2. The molecule has 8 heteroatoms. The molecule has 0 saturated heterocycles. The van der Waals surface area contributed by atoms with Crippen LogP contribution in [0.1, 0.15) is 49.7 Å². The molecule has 0 aromatic heterocycles. The molecule has 2 aromatic carbocycles. The maximum atomic E-state index is 13.2. The minimum Gasteiger partial charge on any atom is -0.479 e. The molecule has 2 aromatic rings. The molecule has 0 radical (unpaired) electrons. The van der Waals surface area contributed by atoms with Crippen LogP contribution in [0.25, 0.3) is 11.1 Å². The molecule has 186 valence electrons. The number of carboxylic acids is 1. The molecule has 2 N–H and O–H groups in total. The Hall–Kier alpha value is -3.39. The minimum absolute atomic E-state index is 0.0465. The van der Waals surface area contributed by atoms with Crippen LogP contribution in [-0.4, -0.2) is 54.9 Å². The number of carboxylic acid groups (broad SMARTS) is 1. The predicted molar refractivity (Wildman–Crippen MR) is 129 cm³/mol. The van der Waals surface area contributed by atoms with E-state index in [0.29, 0.717) is 18.8 Å². The predicted octanol–water partition coefficient (Wildman–Crippen LogP) is 4.20. The molecule has 35 heavy (non-hydrogen) atoms. The van der Waals surface area contributed by atoms with Crippen molar-refractivity contribution >= 4 is 18.0 Å². The highest BCUT2D eigenvalue weighted by molar-refractivity contribution is 5.83. The first-order valence-electron chi connectivity index (χ1n) is 12.0. The van der Waals surface area contributed by atoms with Gasteiger partial charge in [-0.05, 0) is 53.9 Å². The zero-order valence-electron chi connectivity index (χ0n) is 20.2. The average molecular weight is 481 g/mol. The van der Waals surface area contributed by atoms with Gasteiger partial charge in [0.1, 0.15) is 6.61 Å². The number of fused-ring (bicyclic) bond motifs is 3. The third kappa shape index (κ3) is 5.32. The fourth-order valence-corrected chi connectivity index (χ4v) is 5.22. The maximum Gasteiger partial charge on any atom is 0.407 e. The molecule has 8 nitrogen and oxygen atoms in total. The summed E-state index contributed by atoms with van der Waals surface area (Å²) in [5.41, 5.74) is 3.72. The van der Waals surface area contributed by atoms with Crippen molar-refractivity contribution in [2.75, 3.05) is 26.8 Å². The van der Waals surface area contributed by atoms with Gasteiger partial charge < -0.3 is 15.2 Å². The minimum atomic E-state index is -1.16. The van der Waals surface area contributed by atoms with Gasteiger partial charge in [0.15, 0.2) is 6.61 Å². The summed E-state index contributed by atoms with van der Waals surface area (Å²) in [5.74, 6) is -1.05. The van der Waals surface area contributed by atoms with Crippen LogP contribution in [0.2, 0.25) is 0 Å². The van der Waals surface area contributed by atoms with Gasteiger partial charge in [0.05, 0.1) is 5.41 Å². The van der Waals surface area contributed by atoms with E-state index in [1.165, 1.54) is 7.05 Å². The molecule has 2 aliphatic carbocycles. The van der Waals surface area contributed by atoms with Crippen molar-refractivity contribution in [2.24, 2.45) is 11.3 Å². The number of rotatable bonds is 8. The molecule has 0 bridgehead atoms. The number of ether oxygens (including phenoxy) is 1. The zero-order valence-corrected chi connectivity index (χ0v) is 20.2. The number of hydrogen-bond donors (Lipinski definition) is 2. The maximum absolute atomic E-state index is 13.2. The third-order valence-electron chi connectivity index (χ3n) is 7.27. The summed E-state index contributed by atoms with van der Waals surface area (Å²) < 4.78 is 5.63. The Kier molecular flexibility index (Phi) is 7.40. The number of hydrogen-bond acceptors (Lipinski definition) is 5. The van der Waals surface area contributed by atoms with E-state index >= 15 is 0 Å². The number of amides is 2. The molecular weight excluding hydrogens is 448 g/mol. The van der Waals surface area contributed by atoms with Gasteiger partial charge >= 0.3 is 12.1 Å². The lowest BCUT2D eigenvalue weighted by atomic mass is 9.70. The number of hydroxylamine groups is 2. The van der Waals surface area contributed by atoms with Gasteiger partial charge in [-0.25, -0.2) is 14.7 Å². The van der Waals surface area contributed by atoms with Crippen molar-refractivity contribution in [3.63, 3.8) is 0 Å². The van der Waals surface area contributed by atoms with Crippen LogP contribution in [0.5, 0.6) is 0 Å². The van der Waals surface area contributed by atoms with Crippen molar-refractivity contribution in [3.8, 4) is 11.1 Å². The number of nitrogens with zero attached hydrogens (tertiary/aromatic N) is 1. The number of aliphatic carboxylic acids is 1. The summed E-state index contributed by atoms with van der Waals surface area (Å²) in [6.07, 6.45) is 2.26. The van der Waals surface area contributed by atoms with Crippen LogP contribution in [0, 0.1) is 11.3 Å². The molecule has 0 spiro atoms. The Labute approximate surface area is 205 Å². The van der Waals surface area contributed by atoms with E-state index in [1.807, 2.05) is 24.3 Å². The Morgan fingerprint density at radius 3 is 2.17 bits per heavy atom. The van der Waals surface area contributed by atoms with E-state index in [4.69, 9.17) is 14.7 Å². The highest BCUT2D eigenvalue weighted by Crippen LogP contribution is 2.44. The zero-order chi connectivity index (χ0) is 25.0. The van der Waals surface area contributed by atoms with Gasteiger partial charge in [-0.15, -0.1) is 0 Å². The average Bonchev–Trinajstić information content (AvgIpc) is 3.19. The lowest BCUT2D eigenvalue weighted by Crippen LogP contribution is -2.51. The fourth-order valence-electron chi connectivity index (χ4n) is 5.22. The van der Waals surface area contributed by atoms with Gasteiger partial charge in [0.2, 0.25) is 0 Å². The second kappa shape index (κ2) is 10.5. The summed E-state index contributed by atoms with van der Waals surface area (Å²) in [4.78, 5) is 41.9.